The zero-order valence-corrected chi connectivity index (χ0v) is 10.2. The van der Waals surface area contributed by atoms with Gasteiger partial charge >= 0.3 is 0 Å². The maximum atomic E-state index is 12.1. The van der Waals surface area contributed by atoms with Crippen LogP contribution < -0.4 is 10.1 Å². The number of alkyl halides is 2. The minimum Gasteiger partial charge on any atom is -0.487 e. The van der Waals surface area contributed by atoms with Gasteiger partial charge in [0, 0.05) is 11.6 Å². The first-order chi connectivity index (χ1) is 8.15. The number of benzene rings is 1. The summed E-state index contributed by atoms with van der Waals surface area (Å²) in [5.41, 5.74) is 0.918. The molecule has 0 bridgehead atoms. The van der Waals surface area contributed by atoms with E-state index in [2.05, 4.69) is 12.2 Å². The van der Waals surface area contributed by atoms with Crippen LogP contribution in [0.3, 0.4) is 0 Å². The van der Waals surface area contributed by atoms with Gasteiger partial charge in [-0.15, -0.1) is 0 Å². The molecular formula is C13H19F2NO. The molecule has 96 valence electrons. The van der Waals surface area contributed by atoms with E-state index in [-0.39, 0.29) is 6.04 Å². The molecule has 0 amide bonds. The lowest BCUT2D eigenvalue weighted by Gasteiger charge is -2.17. The van der Waals surface area contributed by atoms with E-state index in [1.807, 2.05) is 19.1 Å². The summed E-state index contributed by atoms with van der Waals surface area (Å²) in [7, 11) is 0. The van der Waals surface area contributed by atoms with Crippen molar-refractivity contribution in [1.29, 1.82) is 0 Å². The Kier molecular flexibility index (Phi) is 5.91. The summed E-state index contributed by atoms with van der Waals surface area (Å²) in [6.07, 6.45) is -1.41. The normalized spacial score (nSPS) is 12.8. The number of hydrogen-bond acceptors (Lipinski definition) is 2. The van der Waals surface area contributed by atoms with Gasteiger partial charge in [-0.1, -0.05) is 25.1 Å². The fourth-order valence-corrected chi connectivity index (χ4v) is 1.59. The Hall–Kier alpha value is -1.16. The largest absolute Gasteiger partial charge is 0.487 e. The third kappa shape index (κ3) is 4.69. The molecule has 0 radical (unpaired) electrons. The molecule has 0 aliphatic rings. The van der Waals surface area contributed by atoms with Crippen LogP contribution in [0.5, 0.6) is 5.75 Å². The standard InChI is InChI=1S/C13H19F2NO/c1-3-8-16-10(2)11-6-4-5-7-12(11)17-9-13(14)15/h4-7,10,13,16H,3,8-9H2,1-2H3. The second-order valence-corrected chi connectivity index (χ2v) is 3.92. The molecule has 0 saturated carbocycles. The van der Waals surface area contributed by atoms with Gasteiger partial charge in [-0.3, -0.25) is 0 Å². The first-order valence-electron chi connectivity index (χ1n) is 5.88. The van der Waals surface area contributed by atoms with E-state index in [0.717, 1.165) is 18.5 Å². The highest BCUT2D eigenvalue weighted by Crippen LogP contribution is 2.25. The summed E-state index contributed by atoms with van der Waals surface area (Å²) in [6, 6.07) is 7.39. The molecule has 1 rings (SSSR count). The van der Waals surface area contributed by atoms with Crippen LogP contribution in [-0.4, -0.2) is 19.6 Å². The molecule has 1 atom stereocenters. The van der Waals surface area contributed by atoms with Crippen LogP contribution in [0.4, 0.5) is 8.78 Å². The molecule has 2 nitrogen and oxygen atoms in total. The summed E-state index contributed by atoms with van der Waals surface area (Å²) in [6.45, 7) is 4.42. The smallest absolute Gasteiger partial charge is 0.272 e. The molecule has 0 aliphatic carbocycles. The Labute approximate surface area is 101 Å². The van der Waals surface area contributed by atoms with Crippen molar-refractivity contribution in [2.75, 3.05) is 13.2 Å². The van der Waals surface area contributed by atoms with Crippen LogP contribution in [0, 0.1) is 0 Å². The van der Waals surface area contributed by atoms with Gasteiger partial charge < -0.3 is 10.1 Å². The van der Waals surface area contributed by atoms with E-state index in [9.17, 15) is 8.78 Å². The minimum atomic E-state index is -2.44. The van der Waals surface area contributed by atoms with Crippen LogP contribution in [-0.2, 0) is 0 Å². The van der Waals surface area contributed by atoms with E-state index < -0.39 is 13.0 Å². The Bertz CT molecular complexity index is 331. The van der Waals surface area contributed by atoms with Crippen molar-refractivity contribution in [1.82, 2.24) is 5.32 Å². The van der Waals surface area contributed by atoms with Crippen LogP contribution in [0.1, 0.15) is 31.9 Å². The molecule has 0 fully saturated rings. The number of halogens is 2. The van der Waals surface area contributed by atoms with Gasteiger partial charge in [0.15, 0.2) is 0 Å². The quantitative estimate of drug-likeness (QED) is 0.792. The first-order valence-corrected chi connectivity index (χ1v) is 5.88. The number of para-hydroxylation sites is 1. The van der Waals surface area contributed by atoms with Gasteiger partial charge in [-0.2, -0.15) is 0 Å². The second-order valence-electron chi connectivity index (χ2n) is 3.92. The molecular weight excluding hydrogens is 224 g/mol. The van der Waals surface area contributed by atoms with Gasteiger partial charge in [0.05, 0.1) is 0 Å². The Morgan fingerprint density at radius 2 is 2.00 bits per heavy atom. The second kappa shape index (κ2) is 7.22. The predicted octanol–water partition coefficient (Wildman–Crippen LogP) is 3.39. The highest BCUT2D eigenvalue weighted by Gasteiger charge is 2.12. The van der Waals surface area contributed by atoms with Gasteiger partial charge in [-0.25, -0.2) is 8.78 Å². The topological polar surface area (TPSA) is 21.3 Å². The van der Waals surface area contributed by atoms with Crippen LogP contribution in [0.15, 0.2) is 24.3 Å². The number of rotatable bonds is 7. The number of nitrogens with one attached hydrogen (secondary N) is 1. The van der Waals surface area contributed by atoms with Crippen molar-refractivity contribution < 1.29 is 13.5 Å². The van der Waals surface area contributed by atoms with Crippen molar-refractivity contribution in [3.63, 3.8) is 0 Å². The van der Waals surface area contributed by atoms with Gasteiger partial charge in [-0.05, 0) is 26.0 Å². The Morgan fingerprint density at radius 1 is 1.29 bits per heavy atom. The molecule has 17 heavy (non-hydrogen) atoms. The minimum absolute atomic E-state index is 0.101. The van der Waals surface area contributed by atoms with Crippen molar-refractivity contribution in [3.8, 4) is 5.75 Å². The molecule has 0 aliphatic heterocycles. The average Bonchev–Trinajstić information content (AvgIpc) is 2.33. The summed E-state index contributed by atoms with van der Waals surface area (Å²) >= 11 is 0. The first kappa shape index (κ1) is 13.9. The van der Waals surface area contributed by atoms with E-state index in [1.54, 1.807) is 12.1 Å². The number of ether oxygens (including phenoxy) is 1. The van der Waals surface area contributed by atoms with Crippen LogP contribution in [0.25, 0.3) is 0 Å². The molecule has 0 heterocycles. The Balaban J connectivity index is 2.69. The molecule has 0 spiro atoms. The number of hydrogen-bond donors (Lipinski definition) is 1. The van der Waals surface area contributed by atoms with Crippen molar-refractivity contribution >= 4 is 0 Å². The lowest BCUT2D eigenvalue weighted by Crippen LogP contribution is -2.20. The van der Waals surface area contributed by atoms with E-state index in [0.29, 0.717) is 5.75 Å². The SMILES string of the molecule is CCCNC(C)c1ccccc1OCC(F)F. The maximum Gasteiger partial charge on any atom is 0.272 e. The summed E-state index contributed by atoms with van der Waals surface area (Å²) < 4.78 is 29.3. The van der Waals surface area contributed by atoms with E-state index in [4.69, 9.17) is 4.74 Å². The third-order valence-electron chi connectivity index (χ3n) is 2.45. The summed E-state index contributed by atoms with van der Waals surface area (Å²) in [4.78, 5) is 0. The van der Waals surface area contributed by atoms with E-state index >= 15 is 0 Å². The Morgan fingerprint density at radius 3 is 2.65 bits per heavy atom. The fourth-order valence-electron chi connectivity index (χ4n) is 1.59. The summed E-state index contributed by atoms with van der Waals surface area (Å²) in [5, 5.41) is 3.31. The fraction of sp³-hybridized carbons (Fsp3) is 0.538. The van der Waals surface area contributed by atoms with Gasteiger partial charge in [0.1, 0.15) is 12.4 Å². The van der Waals surface area contributed by atoms with Crippen LogP contribution >= 0.6 is 0 Å². The van der Waals surface area contributed by atoms with Crippen molar-refractivity contribution in [2.45, 2.75) is 32.7 Å². The highest BCUT2D eigenvalue weighted by atomic mass is 19.3. The van der Waals surface area contributed by atoms with Crippen molar-refractivity contribution in [3.05, 3.63) is 29.8 Å². The monoisotopic (exact) mass is 243 g/mol. The zero-order valence-electron chi connectivity index (χ0n) is 10.2. The van der Waals surface area contributed by atoms with E-state index in [1.165, 1.54) is 0 Å². The highest BCUT2D eigenvalue weighted by molar-refractivity contribution is 5.35. The third-order valence-corrected chi connectivity index (χ3v) is 2.45. The molecule has 1 N–H and O–H groups in total. The molecule has 1 aromatic carbocycles. The predicted molar refractivity (Wildman–Crippen MR) is 64.6 cm³/mol. The van der Waals surface area contributed by atoms with Gasteiger partial charge in [0.2, 0.25) is 0 Å². The lowest BCUT2D eigenvalue weighted by molar-refractivity contribution is 0.0811. The maximum absolute atomic E-state index is 12.1. The lowest BCUT2D eigenvalue weighted by atomic mass is 10.1. The molecule has 0 aromatic heterocycles. The molecule has 1 unspecified atom stereocenters. The van der Waals surface area contributed by atoms with Crippen molar-refractivity contribution in [2.24, 2.45) is 0 Å². The summed E-state index contributed by atoms with van der Waals surface area (Å²) in [5.74, 6) is 0.531. The molecule has 4 heteroatoms. The van der Waals surface area contributed by atoms with Crippen LogP contribution in [0.2, 0.25) is 0 Å². The molecule has 1 aromatic rings. The molecule has 0 saturated heterocycles. The average molecular weight is 243 g/mol. The zero-order chi connectivity index (χ0) is 12.7. The van der Waals surface area contributed by atoms with Gasteiger partial charge in [0.25, 0.3) is 6.43 Å².